The number of benzene rings is 1. The number of aliphatic hydroxyl groups excluding tert-OH is 1. The average Bonchev–Trinajstić information content (AvgIpc) is 2.54. The van der Waals surface area contributed by atoms with E-state index in [2.05, 4.69) is 34.5 Å². The molecule has 114 valence electrons. The lowest BCUT2D eigenvalue weighted by Gasteiger charge is -2.32. The van der Waals surface area contributed by atoms with Crippen LogP contribution in [0.5, 0.6) is 0 Å². The standard InChI is InChI=1S/C17H24N2O2/c20-14-17(21)18-12-16-9-5-11-19(13-16)10-4-8-15-6-2-1-3-7-15/h1-4,6-8,16,20H,5,9-14H2,(H,18,21)/b8-4+/t16-/m0/s1. The van der Waals surface area contributed by atoms with Crippen molar-refractivity contribution in [1.29, 1.82) is 0 Å². The maximum absolute atomic E-state index is 11.1. The van der Waals surface area contributed by atoms with Gasteiger partial charge >= 0.3 is 0 Å². The molecule has 1 aromatic carbocycles. The summed E-state index contributed by atoms with van der Waals surface area (Å²) in [6, 6.07) is 10.3. The number of carbonyl (C=O) groups is 1. The molecule has 1 atom stereocenters. The molecule has 0 unspecified atom stereocenters. The maximum atomic E-state index is 11.1. The quantitative estimate of drug-likeness (QED) is 0.834. The molecule has 1 amide bonds. The molecule has 1 aromatic rings. The first-order valence-electron chi connectivity index (χ1n) is 7.59. The first-order valence-corrected chi connectivity index (χ1v) is 7.59. The lowest BCUT2D eigenvalue weighted by molar-refractivity contribution is -0.124. The number of nitrogens with one attached hydrogen (secondary N) is 1. The van der Waals surface area contributed by atoms with Crippen LogP contribution in [0.3, 0.4) is 0 Å². The third kappa shape index (κ3) is 5.69. The van der Waals surface area contributed by atoms with E-state index in [1.165, 1.54) is 12.0 Å². The largest absolute Gasteiger partial charge is 0.387 e. The van der Waals surface area contributed by atoms with E-state index >= 15 is 0 Å². The van der Waals surface area contributed by atoms with Gasteiger partial charge in [0, 0.05) is 19.6 Å². The maximum Gasteiger partial charge on any atom is 0.245 e. The van der Waals surface area contributed by atoms with Crippen LogP contribution in [0.15, 0.2) is 36.4 Å². The summed E-state index contributed by atoms with van der Waals surface area (Å²) < 4.78 is 0. The first-order chi connectivity index (χ1) is 10.3. The smallest absolute Gasteiger partial charge is 0.245 e. The van der Waals surface area contributed by atoms with E-state index in [0.717, 1.165) is 26.1 Å². The van der Waals surface area contributed by atoms with Crippen LogP contribution in [0.1, 0.15) is 18.4 Å². The van der Waals surface area contributed by atoms with E-state index in [9.17, 15) is 4.79 Å². The normalized spacial score (nSPS) is 19.8. The summed E-state index contributed by atoms with van der Waals surface area (Å²) in [6.45, 7) is 3.31. The number of hydrogen-bond donors (Lipinski definition) is 2. The summed E-state index contributed by atoms with van der Waals surface area (Å²) >= 11 is 0. The zero-order valence-corrected chi connectivity index (χ0v) is 12.4. The Morgan fingerprint density at radius 3 is 2.95 bits per heavy atom. The summed E-state index contributed by atoms with van der Waals surface area (Å²) in [5.74, 6) is 0.204. The first kappa shape index (κ1) is 15.7. The van der Waals surface area contributed by atoms with Crippen LogP contribution in [0.2, 0.25) is 0 Å². The van der Waals surface area contributed by atoms with Gasteiger partial charge < -0.3 is 10.4 Å². The molecule has 2 rings (SSSR count). The fourth-order valence-corrected chi connectivity index (χ4v) is 2.70. The SMILES string of the molecule is O=C(CO)NC[C@@H]1CCCN(C/C=C/c2ccccc2)C1. The highest BCUT2D eigenvalue weighted by Crippen LogP contribution is 2.15. The molecule has 2 N–H and O–H groups in total. The van der Waals surface area contributed by atoms with Crippen molar-refractivity contribution in [1.82, 2.24) is 10.2 Å². The van der Waals surface area contributed by atoms with Gasteiger partial charge in [0.25, 0.3) is 0 Å². The molecule has 1 saturated heterocycles. The second-order valence-corrected chi connectivity index (χ2v) is 5.54. The molecule has 0 spiro atoms. The van der Waals surface area contributed by atoms with Crippen molar-refractivity contribution in [2.75, 3.05) is 32.8 Å². The lowest BCUT2D eigenvalue weighted by Crippen LogP contribution is -2.41. The highest BCUT2D eigenvalue weighted by atomic mass is 16.3. The summed E-state index contributed by atoms with van der Waals surface area (Å²) in [6.07, 6.45) is 6.66. The Balaban J connectivity index is 1.73. The van der Waals surface area contributed by atoms with Crippen LogP contribution in [0.25, 0.3) is 6.08 Å². The van der Waals surface area contributed by atoms with Crippen LogP contribution in [0, 0.1) is 5.92 Å². The molecule has 1 heterocycles. The molecule has 0 aliphatic carbocycles. The minimum Gasteiger partial charge on any atom is -0.387 e. The monoisotopic (exact) mass is 288 g/mol. The Hall–Kier alpha value is -1.65. The average molecular weight is 288 g/mol. The number of likely N-dealkylation sites (tertiary alicyclic amines) is 1. The molecule has 0 saturated carbocycles. The van der Waals surface area contributed by atoms with Gasteiger partial charge in [0.1, 0.15) is 6.61 Å². The third-order valence-electron chi connectivity index (χ3n) is 3.81. The molecule has 1 aliphatic heterocycles. The number of nitrogens with zero attached hydrogens (tertiary/aromatic N) is 1. The molecular formula is C17H24N2O2. The van der Waals surface area contributed by atoms with Crippen molar-refractivity contribution in [2.24, 2.45) is 5.92 Å². The molecule has 0 bridgehead atoms. The van der Waals surface area contributed by atoms with Crippen LogP contribution in [-0.4, -0.2) is 48.7 Å². The van der Waals surface area contributed by atoms with E-state index in [0.29, 0.717) is 12.5 Å². The fraction of sp³-hybridized carbons (Fsp3) is 0.471. The Labute approximate surface area is 126 Å². The van der Waals surface area contributed by atoms with Crippen molar-refractivity contribution >= 4 is 12.0 Å². The van der Waals surface area contributed by atoms with Crippen molar-refractivity contribution in [3.63, 3.8) is 0 Å². The van der Waals surface area contributed by atoms with Gasteiger partial charge in [-0.2, -0.15) is 0 Å². The van der Waals surface area contributed by atoms with Crippen LogP contribution < -0.4 is 5.32 Å². The summed E-state index contributed by atoms with van der Waals surface area (Å²) in [5.41, 5.74) is 1.22. The molecule has 4 heteroatoms. The zero-order chi connectivity index (χ0) is 14.9. The minimum atomic E-state index is -0.420. The Bertz CT molecular complexity index is 459. The van der Waals surface area contributed by atoms with E-state index in [1.54, 1.807) is 0 Å². The molecule has 1 aliphatic rings. The summed E-state index contributed by atoms with van der Waals surface area (Å²) in [7, 11) is 0. The number of carbonyl (C=O) groups excluding carboxylic acids is 1. The van der Waals surface area contributed by atoms with E-state index in [1.807, 2.05) is 18.2 Å². The number of hydrogen-bond acceptors (Lipinski definition) is 3. The highest BCUT2D eigenvalue weighted by Gasteiger charge is 2.19. The van der Waals surface area contributed by atoms with E-state index in [4.69, 9.17) is 5.11 Å². The number of rotatable bonds is 6. The number of amides is 1. The molecule has 1 fully saturated rings. The van der Waals surface area contributed by atoms with Gasteiger partial charge in [0.05, 0.1) is 0 Å². The predicted molar refractivity (Wildman–Crippen MR) is 84.7 cm³/mol. The summed E-state index contributed by atoms with van der Waals surface area (Å²) in [5, 5.41) is 11.5. The summed E-state index contributed by atoms with van der Waals surface area (Å²) in [4.78, 5) is 13.5. The van der Waals surface area contributed by atoms with Gasteiger partial charge in [0.2, 0.25) is 5.91 Å². The second kappa shape index (κ2) is 8.60. The van der Waals surface area contributed by atoms with Crippen molar-refractivity contribution in [2.45, 2.75) is 12.8 Å². The molecule has 4 nitrogen and oxygen atoms in total. The fourth-order valence-electron chi connectivity index (χ4n) is 2.70. The molecular weight excluding hydrogens is 264 g/mol. The minimum absolute atomic E-state index is 0.281. The van der Waals surface area contributed by atoms with Gasteiger partial charge in [-0.1, -0.05) is 42.5 Å². The van der Waals surface area contributed by atoms with Gasteiger partial charge in [-0.25, -0.2) is 0 Å². The van der Waals surface area contributed by atoms with Gasteiger partial charge in [-0.15, -0.1) is 0 Å². The molecule has 21 heavy (non-hydrogen) atoms. The van der Waals surface area contributed by atoms with Crippen LogP contribution in [0.4, 0.5) is 0 Å². The predicted octanol–water partition coefficient (Wildman–Crippen LogP) is 1.52. The second-order valence-electron chi connectivity index (χ2n) is 5.54. The topological polar surface area (TPSA) is 52.6 Å². The Morgan fingerprint density at radius 2 is 2.19 bits per heavy atom. The van der Waals surface area contributed by atoms with E-state index in [-0.39, 0.29) is 5.91 Å². The lowest BCUT2D eigenvalue weighted by atomic mass is 9.98. The third-order valence-corrected chi connectivity index (χ3v) is 3.81. The van der Waals surface area contributed by atoms with Crippen LogP contribution in [-0.2, 0) is 4.79 Å². The van der Waals surface area contributed by atoms with Crippen molar-refractivity contribution in [3.05, 3.63) is 42.0 Å². The molecule has 0 radical (unpaired) electrons. The Kier molecular flexibility index (Phi) is 6.44. The number of piperidine rings is 1. The van der Waals surface area contributed by atoms with Gasteiger partial charge in [-0.05, 0) is 30.9 Å². The van der Waals surface area contributed by atoms with Crippen LogP contribution >= 0.6 is 0 Å². The van der Waals surface area contributed by atoms with E-state index < -0.39 is 6.61 Å². The zero-order valence-electron chi connectivity index (χ0n) is 12.4. The Morgan fingerprint density at radius 1 is 1.38 bits per heavy atom. The van der Waals surface area contributed by atoms with Crippen molar-refractivity contribution in [3.8, 4) is 0 Å². The van der Waals surface area contributed by atoms with Gasteiger partial charge in [0.15, 0.2) is 0 Å². The number of aliphatic hydroxyl groups is 1. The van der Waals surface area contributed by atoms with Crippen molar-refractivity contribution < 1.29 is 9.90 Å². The van der Waals surface area contributed by atoms with Gasteiger partial charge in [-0.3, -0.25) is 9.69 Å². The molecule has 0 aromatic heterocycles. The highest BCUT2D eigenvalue weighted by molar-refractivity contribution is 5.76.